The van der Waals surface area contributed by atoms with Gasteiger partial charge in [-0.3, -0.25) is 0 Å². The minimum Gasteiger partial charge on any atom is -0.492 e. The van der Waals surface area contributed by atoms with E-state index in [1.54, 1.807) is 11.3 Å². The van der Waals surface area contributed by atoms with E-state index in [1.165, 1.54) is 10.4 Å². The van der Waals surface area contributed by atoms with Gasteiger partial charge in [0.05, 0.1) is 6.04 Å². The van der Waals surface area contributed by atoms with E-state index in [4.69, 9.17) is 24.5 Å². The third-order valence-corrected chi connectivity index (χ3v) is 3.89. The fourth-order valence-electron chi connectivity index (χ4n) is 2.03. The van der Waals surface area contributed by atoms with Gasteiger partial charge in [0.25, 0.3) is 0 Å². The Balaban J connectivity index is 0.000000254. The van der Waals surface area contributed by atoms with E-state index in [-0.39, 0.29) is 6.04 Å². The molecule has 1 atom stereocenters. The molecule has 1 aromatic heterocycles. The molecule has 7 heteroatoms. The number of carboxylic acids is 2. The van der Waals surface area contributed by atoms with Gasteiger partial charge in [-0.2, -0.15) is 0 Å². The first-order valence-corrected chi connectivity index (χ1v) is 7.42. The van der Waals surface area contributed by atoms with E-state index in [0.717, 1.165) is 18.9 Å². The predicted octanol–water partition coefficient (Wildman–Crippen LogP) is 1.98. The number of para-hydroxylation sites is 1. The summed E-state index contributed by atoms with van der Waals surface area (Å²) in [5, 5.41) is 20.4. The second-order valence-corrected chi connectivity index (χ2v) is 5.38. The molecule has 1 aromatic carbocycles. The summed E-state index contributed by atoms with van der Waals surface area (Å²) in [7, 11) is 0. The summed E-state index contributed by atoms with van der Waals surface area (Å²) in [5.74, 6) is -2.64. The van der Waals surface area contributed by atoms with E-state index >= 15 is 0 Å². The van der Waals surface area contributed by atoms with Crippen LogP contribution in [0.4, 0.5) is 0 Å². The minimum absolute atomic E-state index is 0.277. The fraction of sp³-hybridized carbons (Fsp3) is 0.200. The second kappa shape index (κ2) is 7.58. The lowest BCUT2D eigenvalue weighted by molar-refractivity contribution is -0.159. The van der Waals surface area contributed by atoms with E-state index < -0.39 is 11.9 Å². The average molecular weight is 321 g/mol. The molecule has 3 N–H and O–H groups in total. The Morgan fingerprint density at radius 3 is 2.50 bits per heavy atom. The molecule has 1 aliphatic rings. The van der Waals surface area contributed by atoms with Crippen molar-refractivity contribution < 1.29 is 24.5 Å². The molecule has 1 unspecified atom stereocenters. The minimum atomic E-state index is -1.82. The summed E-state index contributed by atoms with van der Waals surface area (Å²) in [4.78, 5) is 19.5. The van der Waals surface area contributed by atoms with Crippen LogP contribution in [0, 0.1) is 0 Å². The van der Waals surface area contributed by atoms with Crippen LogP contribution < -0.4 is 10.1 Å². The normalized spacial score (nSPS) is 16.3. The molecule has 6 nitrogen and oxygen atoms in total. The maximum atomic E-state index is 9.10. The van der Waals surface area contributed by atoms with Gasteiger partial charge >= 0.3 is 11.9 Å². The molecule has 0 aliphatic carbocycles. The average Bonchev–Trinajstić information content (AvgIpc) is 2.94. The number of carboxylic acid groups (broad SMARTS) is 2. The van der Waals surface area contributed by atoms with Crippen LogP contribution in [-0.2, 0) is 9.59 Å². The lowest BCUT2D eigenvalue weighted by Crippen LogP contribution is -2.22. The van der Waals surface area contributed by atoms with Gasteiger partial charge in [0.2, 0.25) is 0 Å². The third kappa shape index (κ3) is 4.06. The highest BCUT2D eigenvalue weighted by atomic mass is 32.1. The standard InChI is InChI=1S/C13H13NOS.C2H2O4/c1-2-5-11-10(4-1)13(14-7-8-15-11)12-6-3-9-16-12;3-1(4)2(5)6/h1-6,9,13-14H,7-8H2;(H,3,4)(H,5,6). The number of thiophene rings is 1. The predicted molar refractivity (Wildman–Crippen MR) is 81.4 cm³/mol. The lowest BCUT2D eigenvalue weighted by atomic mass is 10.0. The van der Waals surface area contributed by atoms with E-state index in [0.29, 0.717) is 0 Å². The Labute approximate surface area is 131 Å². The molecule has 22 heavy (non-hydrogen) atoms. The summed E-state index contributed by atoms with van der Waals surface area (Å²) in [6.45, 7) is 1.62. The van der Waals surface area contributed by atoms with Crippen molar-refractivity contribution >= 4 is 23.3 Å². The smallest absolute Gasteiger partial charge is 0.414 e. The molecular formula is C15H15NO5S. The van der Waals surface area contributed by atoms with Crippen LogP contribution in [0.1, 0.15) is 16.5 Å². The number of rotatable bonds is 1. The number of fused-ring (bicyclic) bond motifs is 1. The number of benzene rings is 1. The van der Waals surface area contributed by atoms with E-state index in [9.17, 15) is 0 Å². The van der Waals surface area contributed by atoms with Crippen LogP contribution in [0.2, 0.25) is 0 Å². The zero-order chi connectivity index (χ0) is 15.9. The van der Waals surface area contributed by atoms with Crippen molar-refractivity contribution in [1.82, 2.24) is 5.32 Å². The van der Waals surface area contributed by atoms with Crippen molar-refractivity contribution in [2.45, 2.75) is 6.04 Å². The second-order valence-electron chi connectivity index (χ2n) is 4.40. The van der Waals surface area contributed by atoms with Crippen molar-refractivity contribution in [3.8, 4) is 5.75 Å². The molecule has 0 amide bonds. The van der Waals surface area contributed by atoms with Gasteiger partial charge < -0.3 is 20.3 Å². The van der Waals surface area contributed by atoms with Crippen molar-refractivity contribution in [3.05, 3.63) is 52.2 Å². The molecular weight excluding hydrogens is 306 g/mol. The molecule has 0 saturated carbocycles. The number of ether oxygens (including phenoxy) is 1. The first-order chi connectivity index (χ1) is 10.6. The topological polar surface area (TPSA) is 95.9 Å². The highest BCUT2D eigenvalue weighted by molar-refractivity contribution is 7.10. The number of carbonyl (C=O) groups is 2. The number of hydrogen-bond acceptors (Lipinski definition) is 5. The first kappa shape index (κ1) is 16.0. The molecule has 2 heterocycles. The molecule has 3 rings (SSSR count). The quantitative estimate of drug-likeness (QED) is 0.695. The molecule has 116 valence electrons. The van der Waals surface area contributed by atoms with E-state index in [2.05, 4.69) is 35.0 Å². The van der Waals surface area contributed by atoms with Gasteiger partial charge in [-0.25, -0.2) is 9.59 Å². The number of hydrogen-bond donors (Lipinski definition) is 3. The Kier molecular flexibility index (Phi) is 5.51. The van der Waals surface area contributed by atoms with Crippen LogP contribution in [0.15, 0.2) is 41.8 Å². The molecule has 0 radical (unpaired) electrons. The van der Waals surface area contributed by atoms with Crippen LogP contribution in [0.3, 0.4) is 0 Å². The Morgan fingerprint density at radius 1 is 1.14 bits per heavy atom. The van der Waals surface area contributed by atoms with Crippen molar-refractivity contribution in [1.29, 1.82) is 0 Å². The van der Waals surface area contributed by atoms with Gasteiger partial charge in [-0.05, 0) is 17.5 Å². The molecule has 0 spiro atoms. The molecule has 0 bridgehead atoms. The van der Waals surface area contributed by atoms with Crippen LogP contribution in [0.5, 0.6) is 5.75 Å². The molecule has 2 aromatic rings. The third-order valence-electron chi connectivity index (χ3n) is 2.95. The van der Waals surface area contributed by atoms with Crippen molar-refractivity contribution in [3.63, 3.8) is 0 Å². The summed E-state index contributed by atoms with van der Waals surface area (Å²) in [6, 6.07) is 12.8. The zero-order valence-corrected chi connectivity index (χ0v) is 12.4. The maximum Gasteiger partial charge on any atom is 0.414 e. The van der Waals surface area contributed by atoms with Gasteiger partial charge in [0, 0.05) is 17.0 Å². The summed E-state index contributed by atoms with van der Waals surface area (Å²) >= 11 is 1.78. The zero-order valence-electron chi connectivity index (χ0n) is 11.6. The summed E-state index contributed by atoms with van der Waals surface area (Å²) < 4.78 is 5.72. The maximum absolute atomic E-state index is 9.10. The molecule has 0 saturated heterocycles. The van der Waals surface area contributed by atoms with Crippen molar-refractivity contribution in [2.75, 3.05) is 13.2 Å². The highest BCUT2D eigenvalue weighted by Crippen LogP contribution is 2.33. The van der Waals surface area contributed by atoms with Gasteiger partial charge in [-0.1, -0.05) is 24.3 Å². The van der Waals surface area contributed by atoms with Gasteiger partial charge in [0.1, 0.15) is 12.4 Å². The summed E-state index contributed by atoms with van der Waals surface area (Å²) in [6.07, 6.45) is 0. The van der Waals surface area contributed by atoms with Gasteiger partial charge in [-0.15, -0.1) is 11.3 Å². The lowest BCUT2D eigenvalue weighted by Gasteiger charge is -2.15. The fourth-order valence-corrected chi connectivity index (χ4v) is 2.85. The first-order valence-electron chi connectivity index (χ1n) is 6.54. The summed E-state index contributed by atoms with van der Waals surface area (Å²) in [5.41, 5.74) is 1.24. The van der Waals surface area contributed by atoms with Crippen molar-refractivity contribution in [2.24, 2.45) is 0 Å². The molecule has 0 fully saturated rings. The van der Waals surface area contributed by atoms with Crippen LogP contribution in [-0.4, -0.2) is 35.3 Å². The number of aliphatic carboxylic acids is 2. The van der Waals surface area contributed by atoms with E-state index in [1.807, 2.05) is 12.1 Å². The highest BCUT2D eigenvalue weighted by Gasteiger charge is 2.20. The number of nitrogens with one attached hydrogen (secondary N) is 1. The Morgan fingerprint density at radius 2 is 1.86 bits per heavy atom. The van der Waals surface area contributed by atoms with Crippen LogP contribution in [0.25, 0.3) is 0 Å². The Bertz CT molecular complexity index is 629. The molecule has 1 aliphatic heterocycles. The van der Waals surface area contributed by atoms with Crippen LogP contribution >= 0.6 is 11.3 Å². The van der Waals surface area contributed by atoms with Gasteiger partial charge in [0.15, 0.2) is 0 Å². The Hall–Kier alpha value is -2.38. The SMILES string of the molecule is O=C(O)C(=O)O.c1csc(C2NCCOc3ccccc32)c1. The monoisotopic (exact) mass is 321 g/mol. The largest absolute Gasteiger partial charge is 0.492 e.